The standard InChI is InChI=1S/C20H29FN2O3/c1-25-11-10-22-13-17(14-26-2)20(15-22)6-8-23(9-7-20)19(24)16-4-3-5-18(21)12-16/h3-5,12,17H,6-11,13-15H2,1-2H3/t17-/m0/s1. The first-order chi connectivity index (χ1) is 12.6. The van der Waals surface area contributed by atoms with E-state index in [2.05, 4.69) is 4.90 Å². The second-order valence-corrected chi connectivity index (χ2v) is 7.55. The lowest BCUT2D eigenvalue weighted by Gasteiger charge is -2.42. The summed E-state index contributed by atoms with van der Waals surface area (Å²) in [6.45, 7) is 5.91. The van der Waals surface area contributed by atoms with Crippen LogP contribution in [0.1, 0.15) is 23.2 Å². The van der Waals surface area contributed by atoms with Crippen LogP contribution in [0.25, 0.3) is 0 Å². The maximum atomic E-state index is 13.4. The zero-order valence-electron chi connectivity index (χ0n) is 15.7. The maximum absolute atomic E-state index is 13.4. The number of rotatable bonds is 6. The molecule has 1 aromatic carbocycles. The number of piperidine rings is 1. The van der Waals surface area contributed by atoms with Crippen LogP contribution < -0.4 is 0 Å². The maximum Gasteiger partial charge on any atom is 0.253 e. The lowest BCUT2D eigenvalue weighted by atomic mass is 9.71. The quantitative estimate of drug-likeness (QED) is 0.777. The fourth-order valence-corrected chi connectivity index (χ4v) is 4.49. The molecule has 5 nitrogen and oxygen atoms in total. The van der Waals surface area contributed by atoms with Crippen molar-refractivity contribution in [3.63, 3.8) is 0 Å². The molecule has 0 radical (unpaired) electrons. The molecule has 1 atom stereocenters. The van der Waals surface area contributed by atoms with Crippen LogP contribution in [-0.4, -0.2) is 75.9 Å². The summed E-state index contributed by atoms with van der Waals surface area (Å²) in [6, 6.07) is 5.96. The van der Waals surface area contributed by atoms with Gasteiger partial charge in [-0.2, -0.15) is 0 Å². The molecule has 0 bridgehead atoms. The molecule has 2 saturated heterocycles. The van der Waals surface area contributed by atoms with Crippen molar-refractivity contribution < 1.29 is 18.7 Å². The first-order valence-electron chi connectivity index (χ1n) is 9.33. The molecule has 1 aromatic rings. The molecule has 144 valence electrons. The van der Waals surface area contributed by atoms with E-state index in [0.717, 1.165) is 45.7 Å². The molecule has 6 heteroatoms. The van der Waals surface area contributed by atoms with Gasteiger partial charge in [0.2, 0.25) is 0 Å². The summed E-state index contributed by atoms with van der Waals surface area (Å²) >= 11 is 0. The van der Waals surface area contributed by atoms with Crippen molar-refractivity contribution in [1.82, 2.24) is 9.80 Å². The largest absolute Gasteiger partial charge is 0.384 e. The predicted octanol–water partition coefficient (Wildman–Crippen LogP) is 2.27. The molecule has 1 spiro atoms. The molecular formula is C20H29FN2O3. The second kappa shape index (κ2) is 8.46. The number of likely N-dealkylation sites (tertiary alicyclic amines) is 2. The number of carbonyl (C=O) groups excluding carboxylic acids is 1. The minimum absolute atomic E-state index is 0.0723. The van der Waals surface area contributed by atoms with Crippen LogP contribution in [0.2, 0.25) is 0 Å². The van der Waals surface area contributed by atoms with Crippen LogP contribution in [0.15, 0.2) is 24.3 Å². The van der Waals surface area contributed by atoms with Crippen LogP contribution in [0, 0.1) is 17.2 Å². The predicted molar refractivity (Wildman–Crippen MR) is 97.7 cm³/mol. The Balaban J connectivity index is 1.64. The van der Waals surface area contributed by atoms with Crippen molar-refractivity contribution >= 4 is 5.91 Å². The number of amides is 1. The number of halogens is 1. The molecule has 2 aliphatic heterocycles. The van der Waals surface area contributed by atoms with Gasteiger partial charge in [0.15, 0.2) is 0 Å². The van der Waals surface area contributed by atoms with E-state index in [1.165, 1.54) is 12.1 Å². The minimum atomic E-state index is -0.367. The van der Waals surface area contributed by atoms with Crippen LogP contribution in [0.5, 0.6) is 0 Å². The smallest absolute Gasteiger partial charge is 0.253 e. The monoisotopic (exact) mass is 364 g/mol. The van der Waals surface area contributed by atoms with Gasteiger partial charge in [0.25, 0.3) is 5.91 Å². The Hall–Kier alpha value is -1.50. The van der Waals surface area contributed by atoms with Gasteiger partial charge < -0.3 is 19.3 Å². The van der Waals surface area contributed by atoms with E-state index in [1.54, 1.807) is 26.4 Å². The average molecular weight is 364 g/mol. The third-order valence-corrected chi connectivity index (χ3v) is 5.98. The first kappa shape index (κ1) is 19.3. The molecule has 0 aliphatic carbocycles. The van der Waals surface area contributed by atoms with Crippen LogP contribution in [-0.2, 0) is 9.47 Å². The van der Waals surface area contributed by atoms with Gasteiger partial charge in [-0.1, -0.05) is 6.07 Å². The van der Waals surface area contributed by atoms with Gasteiger partial charge >= 0.3 is 0 Å². The lowest BCUT2D eigenvalue weighted by molar-refractivity contribution is 0.0321. The molecule has 0 saturated carbocycles. The molecule has 2 heterocycles. The third kappa shape index (κ3) is 4.08. The highest BCUT2D eigenvalue weighted by atomic mass is 19.1. The Morgan fingerprint density at radius 1 is 1.27 bits per heavy atom. The third-order valence-electron chi connectivity index (χ3n) is 5.98. The molecular weight excluding hydrogens is 335 g/mol. The van der Waals surface area contributed by atoms with Gasteiger partial charge in [-0.05, 0) is 36.5 Å². The highest BCUT2D eigenvalue weighted by molar-refractivity contribution is 5.94. The molecule has 3 rings (SSSR count). The summed E-state index contributed by atoms with van der Waals surface area (Å²) in [5, 5.41) is 0. The van der Waals surface area contributed by atoms with Crippen molar-refractivity contribution in [3.05, 3.63) is 35.6 Å². The Labute approximate surface area is 155 Å². The second-order valence-electron chi connectivity index (χ2n) is 7.55. The van der Waals surface area contributed by atoms with E-state index in [0.29, 0.717) is 24.6 Å². The zero-order chi connectivity index (χ0) is 18.6. The van der Waals surface area contributed by atoms with Gasteiger partial charge in [-0.25, -0.2) is 4.39 Å². The summed E-state index contributed by atoms with van der Waals surface area (Å²) in [5.74, 6) is 0.0433. The summed E-state index contributed by atoms with van der Waals surface area (Å²) in [6.07, 6.45) is 1.93. The summed E-state index contributed by atoms with van der Waals surface area (Å²) in [4.78, 5) is 17.0. The van der Waals surface area contributed by atoms with Crippen LogP contribution >= 0.6 is 0 Å². The highest BCUT2D eigenvalue weighted by Gasteiger charge is 2.48. The number of nitrogens with zero attached hydrogens (tertiary/aromatic N) is 2. The van der Waals surface area contributed by atoms with Crippen molar-refractivity contribution in [2.45, 2.75) is 12.8 Å². The summed E-state index contributed by atoms with van der Waals surface area (Å²) in [5.41, 5.74) is 0.630. The Bertz CT molecular complexity index is 617. The normalized spacial score (nSPS) is 22.9. The number of carbonyl (C=O) groups is 1. The van der Waals surface area contributed by atoms with E-state index >= 15 is 0 Å². The number of hydrogen-bond acceptors (Lipinski definition) is 4. The molecule has 0 unspecified atom stereocenters. The van der Waals surface area contributed by atoms with Crippen LogP contribution in [0.3, 0.4) is 0 Å². The molecule has 26 heavy (non-hydrogen) atoms. The number of methoxy groups -OCH3 is 2. The van der Waals surface area contributed by atoms with Crippen molar-refractivity contribution in [1.29, 1.82) is 0 Å². The fourth-order valence-electron chi connectivity index (χ4n) is 4.49. The molecule has 1 amide bonds. The van der Waals surface area contributed by atoms with Crippen molar-refractivity contribution in [3.8, 4) is 0 Å². The Kier molecular flexibility index (Phi) is 6.27. The topological polar surface area (TPSA) is 42.0 Å². The Morgan fingerprint density at radius 3 is 2.69 bits per heavy atom. The number of ether oxygens (including phenoxy) is 2. The summed E-state index contributed by atoms with van der Waals surface area (Å²) < 4.78 is 24.1. The van der Waals surface area contributed by atoms with E-state index in [1.807, 2.05) is 4.90 Å². The van der Waals surface area contributed by atoms with Gasteiger partial charge in [0, 0.05) is 58.4 Å². The van der Waals surface area contributed by atoms with Gasteiger partial charge in [0.1, 0.15) is 5.82 Å². The molecule has 0 N–H and O–H groups in total. The number of hydrogen-bond donors (Lipinski definition) is 0. The van der Waals surface area contributed by atoms with Gasteiger partial charge in [-0.3, -0.25) is 4.79 Å². The molecule has 2 fully saturated rings. The van der Waals surface area contributed by atoms with Gasteiger partial charge in [0.05, 0.1) is 13.2 Å². The minimum Gasteiger partial charge on any atom is -0.384 e. The van der Waals surface area contributed by atoms with E-state index < -0.39 is 0 Å². The van der Waals surface area contributed by atoms with Crippen molar-refractivity contribution in [2.24, 2.45) is 11.3 Å². The molecule has 0 aromatic heterocycles. The highest BCUT2D eigenvalue weighted by Crippen LogP contribution is 2.44. The lowest BCUT2D eigenvalue weighted by Crippen LogP contribution is -2.47. The zero-order valence-corrected chi connectivity index (χ0v) is 15.7. The average Bonchev–Trinajstić information content (AvgIpc) is 2.97. The van der Waals surface area contributed by atoms with Gasteiger partial charge in [-0.15, -0.1) is 0 Å². The fraction of sp³-hybridized carbons (Fsp3) is 0.650. The van der Waals surface area contributed by atoms with E-state index in [4.69, 9.17) is 9.47 Å². The first-order valence-corrected chi connectivity index (χ1v) is 9.33. The van der Waals surface area contributed by atoms with Crippen LogP contribution in [0.4, 0.5) is 4.39 Å². The molecule has 2 aliphatic rings. The van der Waals surface area contributed by atoms with E-state index in [9.17, 15) is 9.18 Å². The van der Waals surface area contributed by atoms with Crippen molar-refractivity contribution in [2.75, 3.05) is 60.2 Å². The Morgan fingerprint density at radius 2 is 2.04 bits per heavy atom. The summed E-state index contributed by atoms with van der Waals surface area (Å²) in [7, 11) is 3.49. The SMILES string of the molecule is COCCN1C[C@@H](COC)C2(CCN(C(=O)c3cccc(F)c3)CC2)C1. The number of benzene rings is 1. The van der Waals surface area contributed by atoms with E-state index in [-0.39, 0.29) is 17.1 Å².